The summed E-state index contributed by atoms with van der Waals surface area (Å²) in [6, 6.07) is 9.65. The van der Waals surface area contributed by atoms with Gasteiger partial charge in [-0.15, -0.1) is 0 Å². The molecule has 0 aliphatic heterocycles. The second-order valence-corrected chi connectivity index (χ2v) is 7.15. The Balaban J connectivity index is 1.59. The third-order valence-electron chi connectivity index (χ3n) is 4.79. The molecular formula is C20H27N3O2. The number of nitrogens with one attached hydrogen (secondary N) is 1. The summed E-state index contributed by atoms with van der Waals surface area (Å²) in [5.41, 5.74) is 3.24. The summed E-state index contributed by atoms with van der Waals surface area (Å²) in [4.78, 5) is 12.4. The lowest BCUT2D eigenvalue weighted by molar-refractivity contribution is 0.00468. The molecule has 5 heteroatoms. The smallest absolute Gasteiger partial charge is 0.273 e. The molecule has 1 aromatic carbocycles. The number of amides is 1. The molecule has 0 radical (unpaired) electrons. The Morgan fingerprint density at radius 1 is 1.36 bits per heavy atom. The molecular weight excluding hydrogens is 314 g/mol. The standard InChI is InChI=1S/C20H27N3O2/c1-14-6-4-9-18(10-14)25-13-16-7-5-8-17(12-16)21-20(24)19-11-15(2)22-23(19)3/h5,7-8,11-12,14,18H,4,6,9-10,13H2,1-3H3,(H,21,24)/t14-,18-/m0/s1. The molecule has 1 aliphatic rings. The van der Waals surface area contributed by atoms with Crippen molar-refractivity contribution in [2.24, 2.45) is 13.0 Å². The van der Waals surface area contributed by atoms with Crippen LogP contribution in [-0.2, 0) is 18.4 Å². The number of rotatable bonds is 5. The predicted molar refractivity (Wildman–Crippen MR) is 98.5 cm³/mol. The third kappa shape index (κ3) is 4.69. The van der Waals surface area contributed by atoms with E-state index in [9.17, 15) is 4.79 Å². The molecule has 1 N–H and O–H groups in total. The third-order valence-corrected chi connectivity index (χ3v) is 4.79. The molecule has 0 unspecified atom stereocenters. The average Bonchev–Trinajstić information content (AvgIpc) is 2.92. The topological polar surface area (TPSA) is 56.1 Å². The van der Waals surface area contributed by atoms with Gasteiger partial charge in [0.15, 0.2) is 0 Å². The molecule has 1 heterocycles. The summed E-state index contributed by atoms with van der Waals surface area (Å²) in [5, 5.41) is 7.16. The van der Waals surface area contributed by atoms with E-state index in [1.807, 2.05) is 31.2 Å². The number of aryl methyl sites for hydroxylation is 2. The van der Waals surface area contributed by atoms with E-state index >= 15 is 0 Å². The molecule has 1 fully saturated rings. The fourth-order valence-corrected chi connectivity index (χ4v) is 3.50. The molecule has 1 aromatic heterocycles. The first kappa shape index (κ1) is 17.7. The van der Waals surface area contributed by atoms with E-state index in [2.05, 4.69) is 17.3 Å². The minimum atomic E-state index is -0.151. The summed E-state index contributed by atoms with van der Waals surface area (Å²) in [6.45, 7) is 4.76. The number of aromatic nitrogens is 2. The first-order valence-electron chi connectivity index (χ1n) is 9.04. The normalized spacial score (nSPS) is 20.4. The van der Waals surface area contributed by atoms with E-state index in [0.29, 0.717) is 18.4 Å². The zero-order chi connectivity index (χ0) is 17.8. The Bertz CT molecular complexity index is 738. The van der Waals surface area contributed by atoms with E-state index in [4.69, 9.17) is 4.74 Å². The van der Waals surface area contributed by atoms with Gasteiger partial charge in [0.25, 0.3) is 5.91 Å². The number of carbonyl (C=O) groups is 1. The Hall–Kier alpha value is -2.14. The maximum Gasteiger partial charge on any atom is 0.273 e. The second kappa shape index (κ2) is 7.83. The van der Waals surface area contributed by atoms with Crippen molar-refractivity contribution in [2.45, 2.75) is 52.2 Å². The number of benzene rings is 1. The maximum atomic E-state index is 12.4. The Kier molecular flexibility index (Phi) is 5.53. The van der Waals surface area contributed by atoms with Gasteiger partial charge < -0.3 is 10.1 Å². The highest BCUT2D eigenvalue weighted by Crippen LogP contribution is 2.26. The van der Waals surface area contributed by atoms with Crippen molar-refractivity contribution in [2.75, 3.05) is 5.32 Å². The number of anilines is 1. The Labute approximate surface area is 149 Å². The van der Waals surface area contributed by atoms with Crippen LogP contribution in [0.25, 0.3) is 0 Å². The van der Waals surface area contributed by atoms with Crippen LogP contribution in [-0.4, -0.2) is 21.8 Å². The highest BCUT2D eigenvalue weighted by Gasteiger charge is 2.19. The lowest BCUT2D eigenvalue weighted by Crippen LogP contribution is -2.21. The summed E-state index contributed by atoms with van der Waals surface area (Å²) in [5.74, 6) is 0.606. The van der Waals surface area contributed by atoms with Crippen LogP contribution < -0.4 is 5.32 Å². The van der Waals surface area contributed by atoms with Crippen LogP contribution in [0.3, 0.4) is 0 Å². The van der Waals surface area contributed by atoms with Crippen LogP contribution in [0.15, 0.2) is 30.3 Å². The van der Waals surface area contributed by atoms with Crippen molar-refractivity contribution in [3.63, 3.8) is 0 Å². The Morgan fingerprint density at radius 3 is 2.92 bits per heavy atom. The molecule has 0 bridgehead atoms. The van der Waals surface area contributed by atoms with Crippen LogP contribution in [0, 0.1) is 12.8 Å². The molecule has 1 amide bonds. The van der Waals surface area contributed by atoms with Crippen molar-refractivity contribution in [1.82, 2.24) is 9.78 Å². The highest BCUT2D eigenvalue weighted by atomic mass is 16.5. The Morgan fingerprint density at radius 2 is 2.20 bits per heavy atom. The summed E-state index contributed by atoms with van der Waals surface area (Å²) >= 11 is 0. The molecule has 5 nitrogen and oxygen atoms in total. The zero-order valence-electron chi connectivity index (χ0n) is 15.3. The molecule has 1 saturated carbocycles. The van der Waals surface area contributed by atoms with Gasteiger partial charge in [-0.3, -0.25) is 9.48 Å². The minimum absolute atomic E-state index is 0.151. The average molecular weight is 341 g/mol. The first-order chi connectivity index (χ1) is 12.0. The number of hydrogen-bond donors (Lipinski definition) is 1. The van der Waals surface area contributed by atoms with E-state index in [0.717, 1.165) is 35.7 Å². The van der Waals surface area contributed by atoms with Crippen molar-refractivity contribution in [3.05, 3.63) is 47.3 Å². The molecule has 2 atom stereocenters. The second-order valence-electron chi connectivity index (χ2n) is 7.15. The summed E-state index contributed by atoms with van der Waals surface area (Å²) in [6.07, 6.45) is 5.23. The van der Waals surface area contributed by atoms with E-state index in [1.54, 1.807) is 17.8 Å². The molecule has 3 rings (SSSR count). The van der Waals surface area contributed by atoms with Gasteiger partial charge in [-0.1, -0.05) is 31.9 Å². The van der Waals surface area contributed by atoms with E-state index in [-0.39, 0.29) is 5.91 Å². The van der Waals surface area contributed by atoms with Crippen LogP contribution in [0.2, 0.25) is 0 Å². The molecule has 134 valence electrons. The van der Waals surface area contributed by atoms with Crippen molar-refractivity contribution in [1.29, 1.82) is 0 Å². The van der Waals surface area contributed by atoms with Gasteiger partial charge in [0.05, 0.1) is 18.4 Å². The molecule has 25 heavy (non-hydrogen) atoms. The van der Waals surface area contributed by atoms with Crippen LogP contribution in [0.1, 0.15) is 54.4 Å². The largest absolute Gasteiger partial charge is 0.374 e. The van der Waals surface area contributed by atoms with E-state index < -0.39 is 0 Å². The summed E-state index contributed by atoms with van der Waals surface area (Å²) < 4.78 is 7.68. The minimum Gasteiger partial charge on any atom is -0.374 e. The number of ether oxygens (including phenoxy) is 1. The molecule has 0 saturated heterocycles. The highest BCUT2D eigenvalue weighted by molar-refractivity contribution is 6.03. The predicted octanol–water partition coefficient (Wildman–Crippen LogP) is 4.08. The fourth-order valence-electron chi connectivity index (χ4n) is 3.50. The number of hydrogen-bond acceptors (Lipinski definition) is 3. The lowest BCUT2D eigenvalue weighted by atomic mass is 9.89. The molecule has 0 spiro atoms. The molecule has 2 aromatic rings. The van der Waals surface area contributed by atoms with Crippen molar-refractivity contribution < 1.29 is 9.53 Å². The number of carbonyl (C=O) groups excluding carboxylic acids is 1. The van der Waals surface area contributed by atoms with Gasteiger partial charge in [-0.05, 0) is 49.4 Å². The van der Waals surface area contributed by atoms with Gasteiger partial charge >= 0.3 is 0 Å². The van der Waals surface area contributed by atoms with Gasteiger partial charge in [-0.2, -0.15) is 5.10 Å². The lowest BCUT2D eigenvalue weighted by Gasteiger charge is -2.26. The van der Waals surface area contributed by atoms with Crippen LogP contribution in [0.5, 0.6) is 0 Å². The van der Waals surface area contributed by atoms with Crippen molar-refractivity contribution in [3.8, 4) is 0 Å². The van der Waals surface area contributed by atoms with Crippen molar-refractivity contribution >= 4 is 11.6 Å². The van der Waals surface area contributed by atoms with Gasteiger partial charge in [-0.25, -0.2) is 0 Å². The fraction of sp³-hybridized carbons (Fsp3) is 0.500. The SMILES string of the molecule is Cc1cc(C(=O)Nc2cccc(CO[C@H]3CCC[C@H](C)C3)c2)n(C)n1. The monoisotopic (exact) mass is 341 g/mol. The van der Waals surface area contributed by atoms with E-state index in [1.165, 1.54) is 12.8 Å². The zero-order valence-corrected chi connectivity index (χ0v) is 15.3. The molecule has 1 aliphatic carbocycles. The quantitative estimate of drug-likeness (QED) is 0.891. The van der Waals surface area contributed by atoms with Crippen LogP contribution in [0.4, 0.5) is 5.69 Å². The first-order valence-corrected chi connectivity index (χ1v) is 9.04. The maximum absolute atomic E-state index is 12.4. The van der Waals surface area contributed by atoms with Gasteiger partial charge in [0, 0.05) is 12.7 Å². The van der Waals surface area contributed by atoms with Crippen LogP contribution >= 0.6 is 0 Å². The van der Waals surface area contributed by atoms with Gasteiger partial charge in [0.1, 0.15) is 5.69 Å². The summed E-state index contributed by atoms with van der Waals surface area (Å²) in [7, 11) is 1.78. The number of nitrogens with zero attached hydrogens (tertiary/aromatic N) is 2. The van der Waals surface area contributed by atoms with Gasteiger partial charge in [0.2, 0.25) is 0 Å².